The summed E-state index contributed by atoms with van der Waals surface area (Å²) < 4.78 is 8.24. The van der Waals surface area contributed by atoms with E-state index in [4.69, 9.17) is 5.11 Å². The fourth-order valence-electron chi connectivity index (χ4n) is 0.507. The maximum absolute atomic E-state index is 10.1. The van der Waals surface area contributed by atoms with Crippen molar-refractivity contribution in [2.75, 3.05) is 14.2 Å². The molecule has 19 heavy (non-hydrogen) atoms. The first-order valence-corrected chi connectivity index (χ1v) is 4.19. The van der Waals surface area contributed by atoms with Gasteiger partial charge in [-0.05, 0) is 6.92 Å². The maximum Gasteiger partial charge on any atom is 0.338 e. The maximum atomic E-state index is 10.1. The summed E-state index contributed by atoms with van der Waals surface area (Å²) in [6.07, 6.45) is 5.16. The lowest BCUT2D eigenvalue weighted by Gasteiger charge is -1.84. The molecule has 0 amide bonds. The van der Waals surface area contributed by atoms with Crippen molar-refractivity contribution in [3.8, 4) is 0 Å². The summed E-state index contributed by atoms with van der Waals surface area (Å²) in [4.78, 5) is 30.0. The third-order valence-electron chi connectivity index (χ3n) is 1.06. The third-order valence-corrected chi connectivity index (χ3v) is 1.06. The number of carbonyl (C=O) groups is 3. The molecule has 0 bridgehead atoms. The molecular formula is C13H26O6. The standard InChI is InChI=1S/C5H8O2.C4H2O3.CH4O.3CH4/c1-3-4-5(6)7-2;5-3-1-2-4(6)7-3;1-2;;;/h3-4H,1-2H3;1-2H;2H,1H3;3*1H4/b4-3-;;;;;. The van der Waals surface area contributed by atoms with Gasteiger partial charge < -0.3 is 14.6 Å². The van der Waals surface area contributed by atoms with Gasteiger partial charge in [0.2, 0.25) is 0 Å². The molecule has 0 aromatic heterocycles. The van der Waals surface area contributed by atoms with Crippen molar-refractivity contribution in [3.63, 3.8) is 0 Å². The fraction of sp³-hybridized carbons (Fsp3) is 0.462. The lowest BCUT2D eigenvalue weighted by molar-refractivity contribution is -0.150. The first-order valence-electron chi connectivity index (χ1n) is 4.19. The van der Waals surface area contributed by atoms with Gasteiger partial charge in [0, 0.05) is 25.3 Å². The summed E-state index contributed by atoms with van der Waals surface area (Å²) in [7, 11) is 2.35. The molecule has 1 rings (SSSR count). The molecule has 0 atom stereocenters. The predicted molar refractivity (Wildman–Crippen MR) is 75.4 cm³/mol. The van der Waals surface area contributed by atoms with Crippen LogP contribution in [0.25, 0.3) is 0 Å². The molecule has 0 saturated heterocycles. The molecule has 0 spiro atoms. The number of esters is 3. The van der Waals surface area contributed by atoms with Crippen LogP contribution in [0.15, 0.2) is 24.3 Å². The molecule has 0 saturated carbocycles. The van der Waals surface area contributed by atoms with Crippen molar-refractivity contribution < 1.29 is 29.0 Å². The molecule has 0 radical (unpaired) electrons. The molecule has 6 nitrogen and oxygen atoms in total. The summed E-state index contributed by atoms with van der Waals surface area (Å²) >= 11 is 0. The molecule has 114 valence electrons. The molecule has 0 aromatic rings. The predicted octanol–water partition coefficient (Wildman–Crippen LogP) is 1.88. The van der Waals surface area contributed by atoms with E-state index in [9.17, 15) is 14.4 Å². The number of cyclic esters (lactones) is 2. The van der Waals surface area contributed by atoms with Gasteiger partial charge >= 0.3 is 17.9 Å². The van der Waals surface area contributed by atoms with Crippen molar-refractivity contribution in [1.82, 2.24) is 0 Å². The second kappa shape index (κ2) is 21.3. The number of rotatable bonds is 1. The van der Waals surface area contributed by atoms with E-state index in [0.717, 1.165) is 19.3 Å². The molecule has 6 heteroatoms. The SMILES string of the molecule is C.C.C.C/C=C\C(=O)OC.CO.O=C1C=CC(=O)O1. The Labute approximate surface area is 115 Å². The highest BCUT2D eigenvalue weighted by Crippen LogP contribution is 1.92. The van der Waals surface area contributed by atoms with Crippen LogP contribution < -0.4 is 0 Å². The van der Waals surface area contributed by atoms with Crippen LogP contribution in [0.2, 0.25) is 0 Å². The number of hydrogen-bond acceptors (Lipinski definition) is 6. The van der Waals surface area contributed by atoms with Crippen LogP contribution >= 0.6 is 0 Å². The zero-order valence-corrected chi connectivity index (χ0v) is 9.30. The van der Waals surface area contributed by atoms with Gasteiger partial charge in [0.15, 0.2) is 0 Å². The summed E-state index contributed by atoms with van der Waals surface area (Å²) in [5, 5.41) is 7.00. The third kappa shape index (κ3) is 21.8. The monoisotopic (exact) mass is 278 g/mol. The van der Waals surface area contributed by atoms with Crippen molar-refractivity contribution >= 4 is 17.9 Å². The average Bonchev–Trinajstić information content (AvgIpc) is 2.66. The van der Waals surface area contributed by atoms with Gasteiger partial charge in [-0.15, -0.1) is 0 Å². The Balaban J connectivity index is -0.0000000533. The first-order chi connectivity index (χ1) is 7.60. The zero-order valence-electron chi connectivity index (χ0n) is 9.30. The van der Waals surface area contributed by atoms with Gasteiger partial charge in [0.1, 0.15) is 0 Å². The second-order valence-corrected chi connectivity index (χ2v) is 2.10. The minimum absolute atomic E-state index is 0. The first kappa shape index (κ1) is 30.2. The van der Waals surface area contributed by atoms with Crippen LogP contribution in [0.4, 0.5) is 0 Å². The van der Waals surface area contributed by atoms with Crippen LogP contribution in [-0.2, 0) is 23.9 Å². The molecule has 0 aliphatic carbocycles. The van der Waals surface area contributed by atoms with E-state index in [1.165, 1.54) is 13.2 Å². The zero-order chi connectivity index (χ0) is 13.0. The van der Waals surface area contributed by atoms with Crippen LogP contribution in [0, 0.1) is 0 Å². The Morgan fingerprint density at radius 2 is 1.53 bits per heavy atom. The van der Waals surface area contributed by atoms with Crippen LogP contribution in [0.1, 0.15) is 29.2 Å². The minimum Gasteiger partial charge on any atom is -0.466 e. The largest absolute Gasteiger partial charge is 0.466 e. The topological polar surface area (TPSA) is 89.9 Å². The lowest BCUT2D eigenvalue weighted by Crippen LogP contribution is -1.96. The van der Waals surface area contributed by atoms with Crippen molar-refractivity contribution in [3.05, 3.63) is 24.3 Å². The van der Waals surface area contributed by atoms with Crippen LogP contribution in [0.3, 0.4) is 0 Å². The Morgan fingerprint density at radius 1 is 1.16 bits per heavy atom. The number of methoxy groups -OCH3 is 1. The Kier molecular flexibility index (Phi) is 34.0. The molecule has 0 aromatic carbocycles. The summed E-state index contributed by atoms with van der Waals surface area (Å²) in [5.41, 5.74) is 0. The number of aliphatic hydroxyl groups excluding tert-OH is 1. The summed E-state index contributed by atoms with van der Waals surface area (Å²) in [6, 6.07) is 0. The fourth-order valence-corrected chi connectivity index (χ4v) is 0.507. The van der Waals surface area contributed by atoms with E-state index in [1.54, 1.807) is 13.0 Å². The molecule has 1 aliphatic rings. The molecular weight excluding hydrogens is 252 g/mol. The second-order valence-electron chi connectivity index (χ2n) is 2.10. The van der Waals surface area contributed by atoms with Gasteiger partial charge in [0.25, 0.3) is 0 Å². The molecule has 1 aliphatic heterocycles. The van der Waals surface area contributed by atoms with Crippen molar-refractivity contribution in [2.24, 2.45) is 0 Å². The smallest absolute Gasteiger partial charge is 0.338 e. The highest BCUT2D eigenvalue weighted by atomic mass is 16.6. The van der Waals surface area contributed by atoms with E-state index in [-0.39, 0.29) is 28.2 Å². The van der Waals surface area contributed by atoms with Gasteiger partial charge in [-0.3, -0.25) is 0 Å². The average molecular weight is 278 g/mol. The Hall–Kier alpha value is -1.95. The van der Waals surface area contributed by atoms with Gasteiger partial charge in [-0.2, -0.15) is 0 Å². The minimum atomic E-state index is -0.579. The van der Waals surface area contributed by atoms with E-state index >= 15 is 0 Å². The highest BCUT2D eigenvalue weighted by molar-refractivity contribution is 6.04. The number of hydrogen-bond donors (Lipinski definition) is 1. The van der Waals surface area contributed by atoms with E-state index in [0.29, 0.717) is 0 Å². The van der Waals surface area contributed by atoms with Gasteiger partial charge in [-0.1, -0.05) is 28.4 Å². The van der Waals surface area contributed by atoms with Gasteiger partial charge in [0.05, 0.1) is 7.11 Å². The number of allylic oxidation sites excluding steroid dienone is 1. The lowest BCUT2D eigenvalue weighted by atomic mass is 10.5. The van der Waals surface area contributed by atoms with Crippen LogP contribution in [-0.4, -0.2) is 37.2 Å². The van der Waals surface area contributed by atoms with E-state index in [1.807, 2.05) is 0 Å². The number of carbonyl (C=O) groups excluding carboxylic acids is 3. The molecule has 1 heterocycles. The normalized spacial score (nSPS) is 10.3. The van der Waals surface area contributed by atoms with Crippen LogP contribution in [0.5, 0.6) is 0 Å². The Morgan fingerprint density at radius 3 is 1.63 bits per heavy atom. The van der Waals surface area contributed by atoms with Crippen molar-refractivity contribution in [1.29, 1.82) is 0 Å². The van der Waals surface area contributed by atoms with Crippen molar-refractivity contribution in [2.45, 2.75) is 29.2 Å². The summed E-state index contributed by atoms with van der Waals surface area (Å²) in [6.45, 7) is 1.76. The Bertz CT molecular complexity index is 273. The molecule has 0 fully saturated rings. The van der Waals surface area contributed by atoms with E-state index in [2.05, 4.69) is 9.47 Å². The van der Waals surface area contributed by atoms with Gasteiger partial charge in [-0.25, -0.2) is 14.4 Å². The molecule has 1 N–H and O–H groups in total. The number of ether oxygens (including phenoxy) is 2. The highest BCUT2D eigenvalue weighted by Gasteiger charge is 2.10. The molecule has 0 unspecified atom stereocenters. The summed E-state index contributed by atoms with van der Waals surface area (Å²) in [5.74, 6) is -1.46. The quantitative estimate of drug-likeness (QED) is 0.447. The van der Waals surface area contributed by atoms with E-state index < -0.39 is 11.9 Å². The number of aliphatic hydroxyl groups is 1.